The van der Waals surface area contributed by atoms with E-state index in [-0.39, 0.29) is 11.3 Å². The Morgan fingerprint density at radius 3 is 2.53 bits per heavy atom. The molecule has 0 bridgehead atoms. The van der Waals surface area contributed by atoms with Crippen molar-refractivity contribution >= 4 is 23.5 Å². The molecular weight excluding hydrogens is 242 g/mol. The molecule has 1 atom stereocenters. The van der Waals surface area contributed by atoms with E-state index in [0.717, 1.165) is 13.0 Å². The lowest BCUT2D eigenvalue weighted by Gasteiger charge is -2.16. The molecule has 1 unspecified atom stereocenters. The lowest BCUT2D eigenvalue weighted by molar-refractivity contribution is 0.184. The number of ether oxygens (including phenoxy) is 1. The molecule has 1 heterocycles. The number of halogens is 1. The zero-order chi connectivity index (χ0) is 12.7. The van der Waals surface area contributed by atoms with E-state index in [4.69, 9.17) is 16.3 Å². The predicted octanol–water partition coefficient (Wildman–Crippen LogP) is 1.79. The normalized spacial score (nSPS) is 12.2. The maximum Gasteiger partial charge on any atom is 0.229 e. The van der Waals surface area contributed by atoms with E-state index in [2.05, 4.69) is 32.5 Å². The van der Waals surface area contributed by atoms with Crippen LogP contribution in [0.1, 0.15) is 20.3 Å². The van der Waals surface area contributed by atoms with E-state index >= 15 is 0 Å². The summed E-state index contributed by atoms with van der Waals surface area (Å²) in [4.78, 5) is 12.2. The molecule has 1 aromatic heterocycles. The van der Waals surface area contributed by atoms with Crippen LogP contribution in [0.3, 0.4) is 0 Å². The van der Waals surface area contributed by atoms with Gasteiger partial charge in [0.1, 0.15) is 0 Å². The number of hydrogen-bond acceptors (Lipinski definition) is 6. The van der Waals surface area contributed by atoms with Crippen LogP contribution >= 0.6 is 11.6 Å². The van der Waals surface area contributed by atoms with Crippen molar-refractivity contribution in [3.8, 4) is 0 Å². The highest BCUT2D eigenvalue weighted by Gasteiger charge is 2.09. The van der Waals surface area contributed by atoms with Gasteiger partial charge in [0.2, 0.25) is 17.2 Å². The fraction of sp³-hybridized carbons (Fsp3) is 0.700. The van der Waals surface area contributed by atoms with Crippen molar-refractivity contribution in [1.82, 2.24) is 15.0 Å². The van der Waals surface area contributed by atoms with Gasteiger partial charge in [0.25, 0.3) is 0 Å². The predicted molar refractivity (Wildman–Crippen MR) is 68.6 cm³/mol. The van der Waals surface area contributed by atoms with Gasteiger partial charge in [-0.2, -0.15) is 15.0 Å². The largest absolute Gasteiger partial charge is 0.383 e. The average molecular weight is 260 g/mol. The topological polar surface area (TPSA) is 72.0 Å². The Bertz CT molecular complexity index is 349. The van der Waals surface area contributed by atoms with E-state index in [1.165, 1.54) is 0 Å². The Labute approximate surface area is 106 Å². The van der Waals surface area contributed by atoms with Gasteiger partial charge in [-0.25, -0.2) is 0 Å². The maximum absolute atomic E-state index is 5.82. The Balaban J connectivity index is 2.75. The molecule has 0 radical (unpaired) electrons. The zero-order valence-electron chi connectivity index (χ0n) is 10.3. The Morgan fingerprint density at radius 2 is 1.94 bits per heavy atom. The minimum absolute atomic E-state index is 0.160. The van der Waals surface area contributed by atoms with Gasteiger partial charge in [0.15, 0.2) is 0 Å². The first-order valence-electron chi connectivity index (χ1n) is 5.60. The first-order chi connectivity index (χ1) is 8.19. The number of aromatic nitrogens is 3. The SMILES string of the molecule is CCNc1nc(Cl)nc(NC(CC)COC)n1. The highest BCUT2D eigenvalue weighted by molar-refractivity contribution is 6.28. The fourth-order valence-corrected chi connectivity index (χ4v) is 1.46. The van der Waals surface area contributed by atoms with E-state index < -0.39 is 0 Å². The van der Waals surface area contributed by atoms with Crippen molar-refractivity contribution in [2.75, 3.05) is 30.9 Å². The van der Waals surface area contributed by atoms with Gasteiger partial charge in [-0.15, -0.1) is 0 Å². The van der Waals surface area contributed by atoms with Crippen molar-refractivity contribution in [2.24, 2.45) is 0 Å². The van der Waals surface area contributed by atoms with Gasteiger partial charge in [-0.3, -0.25) is 0 Å². The number of nitrogens with one attached hydrogen (secondary N) is 2. The molecule has 0 saturated carbocycles. The molecule has 0 aliphatic rings. The number of hydrogen-bond donors (Lipinski definition) is 2. The summed E-state index contributed by atoms with van der Waals surface area (Å²) < 4.78 is 5.09. The summed E-state index contributed by atoms with van der Waals surface area (Å²) in [7, 11) is 1.66. The van der Waals surface area contributed by atoms with Crippen LogP contribution in [0.2, 0.25) is 5.28 Å². The molecule has 96 valence electrons. The molecule has 0 saturated heterocycles. The quantitative estimate of drug-likeness (QED) is 0.778. The standard InChI is InChI=1S/C10H18ClN5O/c1-4-7(6-17-3)13-10-15-8(11)14-9(16-10)12-5-2/h7H,4-6H2,1-3H3,(H2,12,13,14,15,16). The summed E-state index contributed by atoms with van der Waals surface area (Å²) in [6, 6.07) is 0.160. The second-order valence-corrected chi connectivity index (χ2v) is 3.82. The summed E-state index contributed by atoms with van der Waals surface area (Å²) in [6.07, 6.45) is 0.910. The molecule has 1 rings (SSSR count). The van der Waals surface area contributed by atoms with Gasteiger partial charge in [-0.1, -0.05) is 6.92 Å². The summed E-state index contributed by atoms with van der Waals surface area (Å²) in [5.41, 5.74) is 0. The van der Waals surface area contributed by atoms with Crippen LogP contribution in [0.15, 0.2) is 0 Å². The first kappa shape index (κ1) is 13.9. The second kappa shape index (κ2) is 7.24. The lowest BCUT2D eigenvalue weighted by Crippen LogP contribution is -2.25. The molecular formula is C10H18ClN5O. The smallest absolute Gasteiger partial charge is 0.229 e. The number of rotatable bonds is 7. The van der Waals surface area contributed by atoms with Crippen LogP contribution in [-0.4, -0.2) is 41.3 Å². The van der Waals surface area contributed by atoms with E-state index in [1.807, 2.05) is 6.92 Å². The van der Waals surface area contributed by atoms with Crippen molar-refractivity contribution in [1.29, 1.82) is 0 Å². The van der Waals surface area contributed by atoms with Gasteiger partial charge >= 0.3 is 0 Å². The average Bonchev–Trinajstić information content (AvgIpc) is 2.28. The molecule has 17 heavy (non-hydrogen) atoms. The molecule has 0 amide bonds. The molecule has 7 heteroatoms. The molecule has 0 aromatic carbocycles. The third-order valence-electron chi connectivity index (χ3n) is 2.14. The van der Waals surface area contributed by atoms with Crippen molar-refractivity contribution < 1.29 is 4.74 Å². The minimum Gasteiger partial charge on any atom is -0.383 e. The van der Waals surface area contributed by atoms with Crippen molar-refractivity contribution in [3.05, 3.63) is 5.28 Å². The summed E-state index contributed by atoms with van der Waals surface area (Å²) in [5.74, 6) is 0.937. The molecule has 6 nitrogen and oxygen atoms in total. The Hall–Kier alpha value is -1.14. The van der Waals surface area contributed by atoms with Crippen LogP contribution in [0.4, 0.5) is 11.9 Å². The highest BCUT2D eigenvalue weighted by atomic mass is 35.5. The summed E-state index contributed by atoms with van der Waals surface area (Å²) >= 11 is 5.82. The number of methoxy groups -OCH3 is 1. The number of anilines is 2. The van der Waals surface area contributed by atoms with Crippen LogP contribution in [0, 0.1) is 0 Å². The Kier molecular flexibility index (Phi) is 5.93. The lowest BCUT2D eigenvalue weighted by atomic mass is 10.2. The van der Waals surface area contributed by atoms with E-state index in [0.29, 0.717) is 18.5 Å². The van der Waals surface area contributed by atoms with Crippen LogP contribution in [0.25, 0.3) is 0 Å². The molecule has 0 aliphatic carbocycles. The van der Waals surface area contributed by atoms with Crippen LogP contribution in [-0.2, 0) is 4.74 Å². The Morgan fingerprint density at radius 1 is 1.24 bits per heavy atom. The molecule has 0 fully saturated rings. The summed E-state index contributed by atoms with van der Waals surface area (Å²) in [5, 5.41) is 6.32. The third kappa shape index (κ3) is 4.70. The third-order valence-corrected chi connectivity index (χ3v) is 2.31. The highest BCUT2D eigenvalue weighted by Crippen LogP contribution is 2.11. The second-order valence-electron chi connectivity index (χ2n) is 3.49. The van der Waals surface area contributed by atoms with Gasteiger partial charge in [0, 0.05) is 13.7 Å². The van der Waals surface area contributed by atoms with Crippen LogP contribution in [0.5, 0.6) is 0 Å². The molecule has 0 spiro atoms. The minimum atomic E-state index is 0.160. The van der Waals surface area contributed by atoms with Gasteiger partial charge < -0.3 is 15.4 Å². The summed E-state index contributed by atoms with van der Waals surface area (Å²) in [6.45, 7) is 5.35. The van der Waals surface area contributed by atoms with E-state index in [9.17, 15) is 0 Å². The van der Waals surface area contributed by atoms with Crippen molar-refractivity contribution in [2.45, 2.75) is 26.3 Å². The zero-order valence-corrected chi connectivity index (χ0v) is 11.1. The van der Waals surface area contributed by atoms with Gasteiger partial charge in [0.05, 0.1) is 12.6 Å². The first-order valence-corrected chi connectivity index (χ1v) is 5.98. The monoisotopic (exact) mass is 259 g/mol. The number of nitrogens with zero attached hydrogens (tertiary/aromatic N) is 3. The van der Waals surface area contributed by atoms with Crippen LogP contribution < -0.4 is 10.6 Å². The van der Waals surface area contributed by atoms with E-state index in [1.54, 1.807) is 7.11 Å². The molecule has 0 aliphatic heterocycles. The van der Waals surface area contributed by atoms with Gasteiger partial charge in [-0.05, 0) is 24.9 Å². The molecule has 2 N–H and O–H groups in total. The van der Waals surface area contributed by atoms with Crippen molar-refractivity contribution in [3.63, 3.8) is 0 Å². The molecule has 1 aromatic rings. The maximum atomic E-state index is 5.82. The fourth-order valence-electron chi connectivity index (χ4n) is 1.30.